The van der Waals surface area contributed by atoms with Gasteiger partial charge in [0.1, 0.15) is 5.82 Å². The zero-order valence-corrected chi connectivity index (χ0v) is 15.2. The predicted molar refractivity (Wildman–Crippen MR) is 102 cm³/mol. The average molecular weight is 361 g/mol. The fourth-order valence-corrected chi connectivity index (χ4v) is 3.68. The van der Waals surface area contributed by atoms with Gasteiger partial charge in [0.15, 0.2) is 0 Å². The van der Waals surface area contributed by atoms with E-state index in [9.17, 15) is 4.79 Å². The number of nitrogens with zero attached hydrogens (tertiary/aromatic N) is 5. The Balaban J connectivity index is 1.44. The molecule has 1 fully saturated rings. The minimum absolute atomic E-state index is 0.163. The van der Waals surface area contributed by atoms with Crippen molar-refractivity contribution in [3.63, 3.8) is 0 Å². The maximum Gasteiger partial charge on any atom is 0.227 e. The number of pyridine rings is 2. The Hall–Kier alpha value is -3.02. The van der Waals surface area contributed by atoms with E-state index in [2.05, 4.69) is 19.5 Å². The second-order valence-corrected chi connectivity index (χ2v) is 6.95. The molecule has 4 rings (SSSR count). The minimum atomic E-state index is 0.163. The second-order valence-electron chi connectivity index (χ2n) is 6.95. The van der Waals surface area contributed by atoms with Crippen LogP contribution in [-0.2, 0) is 17.8 Å². The van der Waals surface area contributed by atoms with Gasteiger partial charge in [0, 0.05) is 50.0 Å². The molecule has 3 aromatic rings. The van der Waals surface area contributed by atoms with E-state index in [4.69, 9.17) is 0 Å². The van der Waals surface area contributed by atoms with Crippen LogP contribution in [-0.4, -0.2) is 43.4 Å². The maximum absolute atomic E-state index is 12.7. The van der Waals surface area contributed by atoms with E-state index in [1.54, 1.807) is 12.4 Å². The first-order chi connectivity index (χ1) is 13.3. The second kappa shape index (κ2) is 8.12. The maximum atomic E-state index is 12.7. The number of carbonyl (C=O) groups excluding carboxylic acids is 1. The highest BCUT2D eigenvalue weighted by Crippen LogP contribution is 2.26. The van der Waals surface area contributed by atoms with Crippen molar-refractivity contribution in [3.8, 4) is 0 Å². The Labute approximate surface area is 158 Å². The molecule has 138 valence electrons. The van der Waals surface area contributed by atoms with Crippen LogP contribution in [0.2, 0.25) is 0 Å². The van der Waals surface area contributed by atoms with Crippen LogP contribution in [0.25, 0.3) is 0 Å². The van der Waals surface area contributed by atoms with Gasteiger partial charge in [0.05, 0.1) is 18.7 Å². The van der Waals surface area contributed by atoms with Crippen LogP contribution in [0.4, 0.5) is 0 Å². The summed E-state index contributed by atoms with van der Waals surface area (Å²) >= 11 is 0. The molecule has 1 saturated heterocycles. The molecule has 4 heterocycles. The number of imidazole rings is 1. The van der Waals surface area contributed by atoms with Crippen LogP contribution in [0.1, 0.15) is 35.8 Å². The summed E-state index contributed by atoms with van der Waals surface area (Å²) in [4.78, 5) is 27.8. The van der Waals surface area contributed by atoms with Gasteiger partial charge in [-0.2, -0.15) is 0 Å². The normalized spacial score (nSPS) is 17.0. The Morgan fingerprint density at radius 3 is 2.89 bits per heavy atom. The number of amides is 1. The monoisotopic (exact) mass is 361 g/mol. The molecular weight excluding hydrogens is 338 g/mol. The van der Waals surface area contributed by atoms with Gasteiger partial charge < -0.3 is 9.47 Å². The molecule has 1 aliphatic heterocycles. The van der Waals surface area contributed by atoms with Gasteiger partial charge in [-0.25, -0.2) is 4.98 Å². The molecule has 0 aliphatic carbocycles. The Kier molecular flexibility index (Phi) is 5.23. The van der Waals surface area contributed by atoms with E-state index in [1.165, 1.54) is 0 Å². The fourth-order valence-electron chi connectivity index (χ4n) is 3.68. The molecule has 0 N–H and O–H groups in total. The quantitative estimate of drug-likeness (QED) is 0.701. The van der Waals surface area contributed by atoms with Crippen molar-refractivity contribution >= 4 is 5.91 Å². The third kappa shape index (κ3) is 4.22. The molecule has 0 bridgehead atoms. The molecule has 6 heteroatoms. The molecular formula is C21H23N5O. The Morgan fingerprint density at radius 1 is 1.11 bits per heavy atom. The van der Waals surface area contributed by atoms with Gasteiger partial charge in [0.25, 0.3) is 0 Å². The average Bonchev–Trinajstić information content (AvgIpc) is 3.18. The van der Waals surface area contributed by atoms with Gasteiger partial charge in [-0.05, 0) is 36.6 Å². The standard InChI is InChI=1S/C21H23N5O/c27-20(13-17-5-3-8-22-14-17)25-11-4-6-18(15-25)21-24-10-12-26(21)16-19-7-1-2-9-23-19/h1-3,5,7-10,12,14,18H,4,6,11,13,15-16H2/t18-/m1/s1. The van der Waals surface area contributed by atoms with Crippen molar-refractivity contribution < 1.29 is 4.79 Å². The van der Waals surface area contributed by atoms with E-state index in [1.807, 2.05) is 53.8 Å². The highest BCUT2D eigenvalue weighted by molar-refractivity contribution is 5.78. The van der Waals surface area contributed by atoms with Crippen molar-refractivity contribution in [2.24, 2.45) is 0 Å². The Bertz CT molecular complexity index is 878. The van der Waals surface area contributed by atoms with Crippen LogP contribution in [0.3, 0.4) is 0 Å². The van der Waals surface area contributed by atoms with Gasteiger partial charge in [0.2, 0.25) is 5.91 Å². The lowest BCUT2D eigenvalue weighted by atomic mass is 9.96. The zero-order valence-electron chi connectivity index (χ0n) is 15.2. The molecule has 27 heavy (non-hydrogen) atoms. The van der Waals surface area contributed by atoms with Crippen molar-refractivity contribution in [1.29, 1.82) is 0 Å². The first-order valence-electron chi connectivity index (χ1n) is 9.37. The van der Waals surface area contributed by atoms with Gasteiger partial charge in [-0.15, -0.1) is 0 Å². The number of piperidine rings is 1. The van der Waals surface area contributed by atoms with Gasteiger partial charge in [-0.3, -0.25) is 14.8 Å². The molecule has 3 aromatic heterocycles. The topological polar surface area (TPSA) is 63.9 Å². The van der Waals surface area contributed by atoms with Crippen LogP contribution >= 0.6 is 0 Å². The summed E-state index contributed by atoms with van der Waals surface area (Å²) in [7, 11) is 0. The van der Waals surface area contributed by atoms with Crippen molar-refractivity contribution in [2.45, 2.75) is 31.7 Å². The summed E-state index contributed by atoms with van der Waals surface area (Å²) in [5.74, 6) is 1.46. The number of hydrogen-bond donors (Lipinski definition) is 0. The molecule has 0 saturated carbocycles. The molecule has 0 radical (unpaired) electrons. The lowest BCUT2D eigenvalue weighted by Crippen LogP contribution is -2.40. The molecule has 6 nitrogen and oxygen atoms in total. The highest BCUT2D eigenvalue weighted by atomic mass is 16.2. The largest absolute Gasteiger partial charge is 0.342 e. The molecule has 1 aliphatic rings. The molecule has 0 spiro atoms. The lowest BCUT2D eigenvalue weighted by molar-refractivity contribution is -0.131. The van der Waals surface area contributed by atoms with E-state index >= 15 is 0 Å². The molecule has 0 aromatic carbocycles. The molecule has 1 amide bonds. The third-order valence-electron chi connectivity index (χ3n) is 5.02. The first-order valence-corrected chi connectivity index (χ1v) is 9.37. The molecule has 0 unspecified atom stereocenters. The summed E-state index contributed by atoms with van der Waals surface area (Å²) in [5.41, 5.74) is 1.97. The smallest absolute Gasteiger partial charge is 0.227 e. The lowest BCUT2D eigenvalue weighted by Gasteiger charge is -2.32. The van der Waals surface area contributed by atoms with E-state index in [-0.39, 0.29) is 11.8 Å². The number of carbonyl (C=O) groups is 1. The summed E-state index contributed by atoms with van der Waals surface area (Å²) < 4.78 is 2.15. The fraction of sp³-hybridized carbons (Fsp3) is 0.333. The van der Waals surface area contributed by atoms with Crippen molar-refractivity contribution in [2.75, 3.05) is 13.1 Å². The summed E-state index contributed by atoms with van der Waals surface area (Å²) in [5, 5.41) is 0. The summed E-state index contributed by atoms with van der Waals surface area (Å²) in [6.07, 6.45) is 11.6. The predicted octanol–water partition coefficient (Wildman–Crippen LogP) is 2.67. The summed E-state index contributed by atoms with van der Waals surface area (Å²) in [6, 6.07) is 9.76. The van der Waals surface area contributed by atoms with Crippen LogP contribution in [0, 0.1) is 0 Å². The summed E-state index contributed by atoms with van der Waals surface area (Å²) in [6.45, 7) is 2.24. The van der Waals surface area contributed by atoms with Gasteiger partial charge in [-0.1, -0.05) is 12.1 Å². The number of aromatic nitrogens is 4. The number of hydrogen-bond acceptors (Lipinski definition) is 4. The zero-order chi connectivity index (χ0) is 18.5. The van der Waals surface area contributed by atoms with Crippen LogP contribution in [0.15, 0.2) is 61.3 Å². The third-order valence-corrected chi connectivity index (χ3v) is 5.02. The van der Waals surface area contributed by atoms with Gasteiger partial charge >= 0.3 is 0 Å². The van der Waals surface area contributed by atoms with E-state index in [0.717, 1.165) is 43.0 Å². The number of likely N-dealkylation sites (tertiary alicyclic amines) is 1. The SMILES string of the molecule is O=C(Cc1cccnc1)N1CCC[C@@H](c2nccn2Cc2ccccn2)C1. The molecule has 1 atom stereocenters. The minimum Gasteiger partial charge on any atom is -0.342 e. The van der Waals surface area contributed by atoms with E-state index < -0.39 is 0 Å². The van der Waals surface area contributed by atoms with Crippen molar-refractivity contribution in [1.82, 2.24) is 24.4 Å². The highest BCUT2D eigenvalue weighted by Gasteiger charge is 2.27. The Morgan fingerprint density at radius 2 is 2.07 bits per heavy atom. The number of rotatable bonds is 5. The first kappa shape index (κ1) is 17.4. The van der Waals surface area contributed by atoms with Crippen molar-refractivity contribution in [3.05, 3.63) is 78.4 Å². The van der Waals surface area contributed by atoms with Crippen LogP contribution < -0.4 is 0 Å². The van der Waals surface area contributed by atoms with Crippen LogP contribution in [0.5, 0.6) is 0 Å². The van der Waals surface area contributed by atoms with E-state index in [0.29, 0.717) is 13.0 Å².